The topological polar surface area (TPSA) is 78.3 Å². The van der Waals surface area contributed by atoms with Gasteiger partial charge in [-0.1, -0.05) is 12.1 Å². The standard InChI is InChI=1S/C13H15N3O3/c17-12-14-9-5-1-2-6-10(9)16(12)11-7-3-4-8-15(11)13(18)19/h1-2,5-6,11H,3-4,7-8H2,(H,14,17)(H,18,19). The zero-order chi connectivity index (χ0) is 13.4. The van der Waals surface area contributed by atoms with Crippen LogP contribution in [0.3, 0.4) is 0 Å². The van der Waals surface area contributed by atoms with Gasteiger partial charge in [-0.3, -0.25) is 9.47 Å². The average molecular weight is 261 g/mol. The lowest BCUT2D eigenvalue weighted by Crippen LogP contribution is -2.43. The molecule has 3 rings (SSSR count). The average Bonchev–Trinajstić information content (AvgIpc) is 2.74. The normalized spacial score (nSPS) is 19.8. The van der Waals surface area contributed by atoms with Gasteiger partial charge in [-0.15, -0.1) is 0 Å². The lowest BCUT2D eigenvalue weighted by Gasteiger charge is -2.34. The summed E-state index contributed by atoms with van der Waals surface area (Å²) >= 11 is 0. The third-order valence-electron chi connectivity index (χ3n) is 3.64. The van der Waals surface area contributed by atoms with Crippen molar-refractivity contribution in [2.45, 2.75) is 25.4 Å². The van der Waals surface area contributed by atoms with E-state index in [2.05, 4.69) is 4.98 Å². The quantitative estimate of drug-likeness (QED) is 0.824. The summed E-state index contributed by atoms with van der Waals surface area (Å²) in [7, 11) is 0. The van der Waals surface area contributed by atoms with Crippen LogP contribution in [0.1, 0.15) is 25.4 Å². The van der Waals surface area contributed by atoms with Gasteiger partial charge in [-0.25, -0.2) is 9.59 Å². The molecule has 100 valence electrons. The molecule has 6 nitrogen and oxygen atoms in total. The Morgan fingerprint density at radius 2 is 2.11 bits per heavy atom. The molecule has 1 aliphatic rings. The minimum Gasteiger partial charge on any atom is -0.465 e. The van der Waals surface area contributed by atoms with Gasteiger partial charge in [0.2, 0.25) is 0 Å². The predicted molar refractivity (Wildman–Crippen MR) is 70.2 cm³/mol. The molecule has 1 aromatic carbocycles. The van der Waals surface area contributed by atoms with Crippen LogP contribution in [0.4, 0.5) is 4.79 Å². The van der Waals surface area contributed by atoms with Gasteiger partial charge in [0, 0.05) is 6.54 Å². The van der Waals surface area contributed by atoms with Crippen molar-refractivity contribution in [1.29, 1.82) is 0 Å². The molecule has 0 radical (unpaired) electrons. The van der Waals surface area contributed by atoms with Crippen molar-refractivity contribution in [2.75, 3.05) is 6.54 Å². The molecule has 2 N–H and O–H groups in total. The monoisotopic (exact) mass is 261 g/mol. The molecule has 0 saturated carbocycles. The molecule has 1 aliphatic heterocycles. The molecule has 0 bridgehead atoms. The zero-order valence-electron chi connectivity index (χ0n) is 10.4. The van der Waals surface area contributed by atoms with E-state index in [1.165, 1.54) is 4.90 Å². The summed E-state index contributed by atoms with van der Waals surface area (Å²) in [6, 6.07) is 7.35. The molecule has 0 aliphatic carbocycles. The minimum absolute atomic E-state index is 0.251. The number of benzene rings is 1. The molecule has 6 heteroatoms. The molecular formula is C13H15N3O3. The van der Waals surface area contributed by atoms with E-state index in [-0.39, 0.29) is 5.69 Å². The fraction of sp³-hybridized carbons (Fsp3) is 0.385. The molecule has 1 atom stereocenters. The highest BCUT2D eigenvalue weighted by Crippen LogP contribution is 2.27. The van der Waals surface area contributed by atoms with Crippen LogP contribution < -0.4 is 5.69 Å². The van der Waals surface area contributed by atoms with Crippen molar-refractivity contribution in [3.05, 3.63) is 34.7 Å². The van der Waals surface area contributed by atoms with E-state index < -0.39 is 12.3 Å². The number of nitrogens with zero attached hydrogens (tertiary/aromatic N) is 2. The summed E-state index contributed by atoms with van der Waals surface area (Å²) in [5, 5.41) is 9.27. The highest BCUT2D eigenvalue weighted by atomic mass is 16.4. The van der Waals surface area contributed by atoms with E-state index in [1.807, 2.05) is 24.3 Å². The van der Waals surface area contributed by atoms with E-state index in [0.29, 0.717) is 13.0 Å². The number of aromatic amines is 1. The van der Waals surface area contributed by atoms with Gasteiger partial charge in [0.1, 0.15) is 6.17 Å². The van der Waals surface area contributed by atoms with Gasteiger partial charge < -0.3 is 10.1 Å². The lowest BCUT2D eigenvalue weighted by molar-refractivity contribution is 0.0798. The summed E-state index contributed by atoms with van der Waals surface area (Å²) in [5.74, 6) is 0. The summed E-state index contributed by atoms with van der Waals surface area (Å²) in [6.07, 6.45) is 1.07. The first kappa shape index (κ1) is 11.8. The fourth-order valence-corrected chi connectivity index (χ4v) is 2.78. The summed E-state index contributed by atoms with van der Waals surface area (Å²) in [6.45, 7) is 0.478. The molecule has 1 fully saturated rings. The number of rotatable bonds is 1. The molecule has 1 aromatic heterocycles. The van der Waals surface area contributed by atoms with Crippen LogP contribution in [0.25, 0.3) is 11.0 Å². The number of hydrogen-bond donors (Lipinski definition) is 2. The second-order valence-corrected chi connectivity index (χ2v) is 4.77. The summed E-state index contributed by atoms with van der Waals surface area (Å²) in [5.41, 5.74) is 1.24. The van der Waals surface area contributed by atoms with Gasteiger partial charge in [-0.05, 0) is 31.4 Å². The van der Waals surface area contributed by atoms with Crippen LogP contribution in [0.15, 0.2) is 29.1 Å². The van der Waals surface area contributed by atoms with Crippen molar-refractivity contribution in [3.8, 4) is 0 Å². The van der Waals surface area contributed by atoms with Crippen LogP contribution in [0.2, 0.25) is 0 Å². The Bertz CT molecular complexity index is 673. The summed E-state index contributed by atoms with van der Waals surface area (Å²) in [4.78, 5) is 27.5. The third-order valence-corrected chi connectivity index (χ3v) is 3.64. The number of fused-ring (bicyclic) bond motifs is 1. The first-order valence-electron chi connectivity index (χ1n) is 6.37. The third kappa shape index (κ3) is 1.89. The SMILES string of the molecule is O=C(O)N1CCCCC1n1c(=O)[nH]c2ccccc21. The molecule has 2 aromatic rings. The number of H-pyrrole nitrogens is 1. The molecule has 0 spiro atoms. The first-order valence-corrected chi connectivity index (χ1v) is 6.37. The second kappa shape index (κ2) is 4.46. The van der Waals surface area contributed by atoms with E-state index in [1.54, 1.807) is 4.57 Å². The molecule has 1 amide bonds. The molecule has 19 heavy (non-hydrogen) atoms. The molecule has 1 unspecified atom stereocenters. The van der Waals surface area contributed by atoms with Crippen LogP contribution in [0, 0.1) is 0 Å². The van der Waals surface area contributed by atoms with Gasteiger partial charge in [0.15, 0.2) is 0 Å². The Morgan fingerprint density at radius 1 is 1.32 bits per heavy atom. The van der Waals surface area contributed by atoms with Crippen LogP contribution in [-0.2, 0) is 0 Å². The van der Waals surface area contributed by atoms with Crippen LogP contribution in [0.5, 0.6) is 0 Å². The largest absolute Gasteiger partial charge is 0.465 e. The smallest absolute Gasteiger partial charge is 0.408 e. The number of nitrogens with one attached hydrogen (secondary N) is 1. The van der Waals surface area contributed by atoms with Gasteiger partial charge >= 0.3 is 11.8 Å². The number of aromatic nitrogens is 2. The molecule has 1 saturated heterocycles. The number of likely N-dealkylation sites (tertiary alicyclic amines) is 1. The fourth-order valence-electron chi connectivity index (χ4n) is 2.78. The van der Waals surface area contributed by atoms with Crippen molar-refractivity contribution in [1.82, 2.24) is 14.5 Å². The maximum absolute atomic E-state index is 12.1. The predicted octanol–water partition coefficient (Wildman–Crippen LogP) is 1.99. The van der Waals surface area contributed by atoms with Gasteiger partial charge in [0.25, 0.3) is 0 Å². The Labute approximate surface area is 109 Å². The Kier molecular flexibility index (Phi) is 2.77. The Balaban J connectivity index is 2.14. The van der Waals surface area contributed by atoms with Gasteiger partial charge in [-0.2, -0.15) is 0 Å². The van der Waals surface area contributed by atoms with Crippen LogP contribution >= 0.6 is 0 Å². The molecule has 2 heterocycles. The van der Waals surface area contributed by atoms with Crippen LogP contribution in [-0.4, -0.2) is 32.2 Å². The summed E-state index contributed by atoms with van der Waals surface area (Å²) < 4.78 is 1.56. The first-order chi connectivity index (χ1) is 9.18. The van der Waals surface area contributed by atoms with E-state index in [4.69, 9.17) is 0 Å². The number of hydrogen-bond acceptors (Lipinski definition) is 2. The molecular weight excluding hydrogens is 246 g/mol. The van der Waals surface area contributed by atoms with Crippen molar-refractivity contribution in [2.24, 2.45) is 0 Å². The van der Waals surface area contributed by atoms with Crippen molar-refractivity contribution in [3.63, 3.8) is 0 Å². The number of imidazole rings is 1. The Hall–Kier alpha value is -2.24. The van der Waals surface area contributed by atoms with E-state index in [9.17, 15) is 14.7 Å². The number of piperidine rings is 1. The van der Waals surface area contributed by atoms with Gasteiger partial charge in [0.05, 0.1) is 11.0 Å². The van der Waals surface area contributed by atoms with Crippen molar-refractivity contribution >= 4 is 17.1 Å². The second-order valence-electron chi connectivity index (χ2n) is 4.77. The zero-order valence-corrected chi connectivity index (χ0v) is 10.4. The highest BCUT2D eigenvalue weighted by Gasteiger charge is 2.29. The maximum atomic E-state index is 12.1. The number of carbonyl (C=O) groups is 1. The van der Waals surface area contributed by atoms with E-state index >= 15 is 0 Å². The lowest BCUT2D eigenvalue weighted by atomic mass is 10.1. The number of amides is 1. The Morgan fingerprint density at radius 3 is 2.89 bits per heavy atom. The highest BCUT2D eigenvalue weighted by molar-refractivity contribution is 5.75. The maximum Gasteiger partial charge on any atom is 0.408 e. The van der Waals surface area contributed by atoms with Crippen molar-refractivity contribution < 1.29 is 9.90 Å². The number of para-hydroxylation sites is 2. The van der Waals surface area contributed by atoms with E-state index in [0.717, 1.165) is 23.9 Å². The number of carboxylic acid groups (broad SMARTS) is 1. The minimum atomic E-state index is -0.970.